The van der Waals surface area contributed by atoms with E-state index in [1.165, 1.54) is 30.3 Å². The molecule has 0 aliphatic carbocycles. The Morgan fingerprint density at radius 2 is 1.62 bits per heavy atom. The summed E-state index contributed by atoms with van der Waals surface area (Å²) in [5, 5.41) is 1.19. The highest BCUT2D eigenvalue weighted by molar-refractivity contribution is 6.06. The largest absolute Gasteiger partial charge is 0.323 e. The van der Waals surface area contributed by atoms with Gasteiger partial charge in [-0.2, -0.15) is 0 Å². The van der Waals surface area contributed by atoms with Gasteiger partial charge in [-0.25, -0.2) is 9.97 Å². The average molecular weight is 346 g/mol. The normalized spacial score (nSPS) is 12.0. The van der Waals surface area contributed by atoms with Crippen LogP contribution in [-0.2, 0) is 6.54 Å². The van der Waals surface area contributed by atoms with E-state index >= 15 is 0 Å². The zero-order valence-corrected chi connectivity index (χ0v) is 15.7. The molecule has 0 amide bonds. The zero-order valence-electron chi connectivity index (χ0n) is 15.7. The zero-order chi connectivity index (χ0) is 17.9. The Labute approximate surface area is 154 Å². The van der Waals surface area contributed by atoms with Gasteiger partial charge in [0.15, 0.2) is 5.65 Å². The van der Waals surface area contributed by atoms with E-state index in [1.807, 2.05) is 24.3 Å². The van der Waals surface area contributed by atoms with Gasteiger partial charge >= 0.3 is 0 Å². The molecule has 0 spiro atoms. The van der Waals surface area contributed by atoms with E-state index in [2.05, 4.69) is 47.6 Å². The minimum absolute atomic E-state index is 0.939. The van der Waals surface area contributed by atoms with Crippen molar-refractivity contribution in [2.24, 2.45) is 0 Å². The maximum absolute atomic E-state index is 4.96. The topological polar surface area (TPSA) is 34.0 Å². The molecule has 2 aromatic heterocycles. The van der Waals surface area contributed by atoms with Crippen molar-refractivity contribution in [3.8, 4) is 0 Å². The number of hydrogen-bond acceptors (Lipinski definition) is 3. The van der Waals surface area contributed by atoms with Gasteiger partial charge in [-0.3, -0.25) is 0 Å². The Balaban J connectivity index is 1.79. The molecule has 4 nitrogen and oxygen atoms in total. The predicted molar refractivity (Wildman–Crippen MR) is 110 cm³/mol. The smallest absolute Gasteiger partial charge is 0.160 e. The summed E-state index contributed by atoms with van der Waals surface area (Å²) in [7, 11) is 0. The molecule has 2 aromatic carbocycles. The molecule has 4 rings (SSSR count). The Morgan fingerprint density at radius 3 is 2.38 bits per heavy atom. The summed E-state index contributed by atoms with van der Waals surface area (Å²) >= 11 is 0. The summed E-state index contributed by atoms with van der Waals surface area (Å²) in [6.45, 7) is 8.73. The molecule has 26 heavy (non-hydrogen) atoms. The molecule has 0 fully saturated rings. The first-order chi connectivity index (χ1) is 12.8. The van der Waals surface area contributed by atoms with Gasteiger partial charge in [-0.15, -0.1) is 0 Å². The average Bonchev–Trinajstić information content (AvgIpc) is 2.99. The van der Waals surface area contributed by atoms with E-state index in [0.717, 1.165) is 41.8 Å². The summed E-state index contributed by atoms with van der Waals surface area (Å²) in [6, 6.07) is 16.7. The van der Waals surface area contributed by atoms with Crippen molar-refractivity contribution < 1.29 is 0 Å². The maximum Gasteiger partial charge on any atom is 0.160 e. The van der Waals surface area contributed by atoms with Crippen LogP contribution in [0.3, 0.4) is 0 Å². The first-order valence-corrected chi connectivity index (χ1v) is 9.68. The third kappa shape index (κ3) is 3.06. The summed E-state index contributed by atoms with van der Waals surface area (Å²) < 4.78 is 2.35. The lowest BCUT2D eigenvalue weighted by Crippen LogP contribution is -2.28. The molecular formula is C22H26N4. The van der Waals surface area contributed by atoms with Gasteiger partial charge in [0, 0.05) is 18.5 Å². The van der Waals surface area contributed by atoms with E-state index in [4.69, 9.17) is 9.97 Å². The number of fused-ring (bicyclic) bond motifs is 4. The van der Waals surface area contributed by atoms with Crippen molar-refractivity contribution in [2.45, 2.75) is 33.2 Å². The number of unbranched alkanes of at least 4 members (excludes halogenated alkanes) is 1. The van der Waals surface area contributed by atoms with Gasteiger partial charge in [-0.05, 0) is 37.7 Å². The van der Waals surface area contributed by atoms with Gasteiger partial charge in [0.1, 0.15) is 5.52 Å². The van der Waals surface area contributed by atoms with Crippen molar-refractivity contribution >= 4 is 33.1 Å². The Bertz CT molecular complexity index is 1030. The Hall–Kier alpha value is -2.46. The number of rotatable bonds is 7. The van der Waals surface area contributed by atoms with Crippen molar-refractivity contribution in [1.82, 2.24) is 19.4 Å². The third-order valence-corrected chi connectivity index (χ3v) is 5.17. The first kappa shape index (κ1) is 17.0. The molecule has 0 aliphatic rings. The van der Waals surface area contributed by atoms with E-state index in [1.54, 1.807) is 0 Å². The molecular weight excluding hydrogens is 320 g/mol. The lowest BCUT2D eigenvalue weighted by molar-refractivity contribution is 0.274. The van der Waals surface area contributed by atoms with Crippen LogP contribution in [-0.4, -0.2) is 39.1 Å². The fraction of sp³-hybridized carbons (Fsp3) is 0.364. The quantitative estimate of drug-likeness (QED) is 0.479. The van der Waals surface area contributed by atoms with Gasteiger partial charge in [-0.1, -0.05) is 50.6 Å². The standard InChI is InChI=1S/C22H26N4/c1-3-5-14-25(4-2)15-16-26-20-13-9-6-10-17(20)21-22(26)24-19-12-8-7-11-18(19)23-21/h6-13H,3-5,14-16H2,1-2H3. The summed E-state index contributed by atoms with van der Waals surface area (Å²) in [5.41, 5.74) is 5.15. The number of aromatic nitrogens is 3. The van der Waals surface area contributed by atoms with Crippen LogP contribution < -0.4 is 0 Å². The molecule has 0 saturated heterocycles. The van der Waals surface area contributed by atoms with Crippen LogP contribution in [0.2, 0.25) is 0 Å². The highest BCUT2D eigenvalue weighted by atomic mass is 15.2. The lowest BCUT2D eigenvalue weighted by atomic mass is 10.2. The van der Waals surface area contributed by atoms with Crippen LogP contribution >= 0.6 is 0 Å². The van der Waals surface area contributed by atoms with E-state index in [9.17, 15) is 0 Å². The van der Waals surface area contributed by atoms with Crippen molar-refractivity contribution in [3.63, 3.8) is 0 Å². The molecule has 4 aromatic rings. The Kier molecular flexibility index (Phi) is 4.85. The van der Waals surface area contributed by atoms with Crippen LogP contribution in [0.15, 0.2) is 48.5 Å². The second-order valence-electron chi connectivity index (χ2n) is 6.84. The van der Waals surface area contributed by atoms with E-state index in [0.29, 0.717) is 0 Å². The minimum atomic E-state index is 0.939. The first-order valence-electron chi connectivity index (χ1n) is 9.68. The molecule has 0 bridgehead atoms. The monoisotopic (exact) mass is 346 g/mol. The molecule has 0 atom stereocenters. The van der Waals surface area contributed by atoms with Gasteiger partial charge in [0.2, 0.25) is 0 Å². The molecule has 0 radical (unpaired) electrons. The van der Waals surface area contributed by atoms with Crippen LogP contribution in [0.25, 0.3) is 33.1 Å². The fourth-order valence-electron chi connectivity index (χ4n) is 3.66. The SMILES string of the molecule is CCCCN(CC)CCn1c2ccccc2c2nc3ccccc3nc21. The molecule has 4 heteroatoms. The van der Waals surface area contributed by atoms with Gasteiger partial charge < -0.3 is 9.47 Å². The molecule has 0 unspecified atom stereocenters. The van der Waals surface area contributed by atoms with Crippen molar-refractivity contribution in [1.29, 1.82) is 0 Å². The number of benzene rings is 2. The van der Waals surface area contributed by atoms with Crippen LogP contribution in [0, 0.1) is 0 Å². The minimum Gasteiger partial charge on any atom is -0.323 e. The summed E-state index contributed by atoms with van der Waals surface area (Å²) in [6.07, 6.45) is 2.49. The molecule has 0 saturated carbocycles. The molecule has 2 heterocycles. The van der Waals surface area contributed by atoms with Crippen LogP contribution in [0.4, 0.5) is 0 Å². The third-order valence-electron chi connectivity index (χ3n) is 5.17. The van der Waals surface area contributed by atoms with Crippen LogP contribution in [0.1, 0.15) is 26.7 Å². The van der Waals surface area contributed by atoms with Crippen LogP contribution in [0.5, 0.6) is 0 Å². The maximum atomic E-state index is 4.96. The number of hydrogen-bond donors (Lipinski definition) is 0. The molecule has 0 aliphatic heterocycles. The lowest BCUT2D eigenvalue weighted by Gasteiger charge is -2.20. The van der Waals surface area contributed by atoms with E-state index < -0.39 is 0 Å². The number of para-hydroxylation sites is 3. The van der Waals surface area contributed by atoms with Gasteiger partial charge in [0.25, 0.3) is 0 Å². The highest BCUT2D eigenvalue weighted by Crippen LogP contribution is 2.28. The number of likely N-dealkylation sites (N-methyl/N-ethyl adjacent to an activating group) is 1. The van der Waals surface area contributed by atoms with Crippen molar-refractivity contribution in [3.05, 3.63) is 48.5 Å². The predicted octanol–water partition coefficient (Wildman–Crippen LogP) is 4.86. The van der Waals surface area contributed by atoms with Gasteiger partial charge in [0.05, 0.1) is 16.6 Å². The Morgan fingerprint density at radius 1 is 0.885 bits per heavy atom. The summed E-state index contributed by atoms with van der Waals surface area (Å²) in [4.78, 5) is 12.4. The summed E-state index contributed by atoms with van der Waals surface area (Å²) in [5.74, 6) is 0. The molecule has 0 N–H and O–H groups in total. The molecule has 134 valence electrons. The fourth-order valence-corrected chi connectivity index (χ4v) is 3.66. The second-order valence-corrected chi connectivity index (χ2v) is 6.84. The second kappa shape index (κ2) is 7.42. The van der Waals surface area contributed by atoms with Crippen molar-refractivity contribution in [2.75, 3.05) is 19.6 Å². The highest BCUT2D eigenvalue weighted by Gasteiger charge is 2.14. The number of nitrogens with zero attached hydrogens (tertiary/aromatic N) is 4. The van der Waals surface area contributed by atoms with E-state index in [-0.39, 0.29) is 0 Å².